The summed E-state index contributed by atoms with van der Waals surface area (Å²) in [5, 5.41) is 0. The van der Waals surface area contributed by atoms with Crippen LogP contribution < -0.4 is 20.1 Å². The fraction of sp³-hybridized carbons (Fsp3) is 0.320. The van der Waals surface area contributed by atoms with Crippen molar-refractivity contribution < 1.29 is 28.6 Å². The minimum absolute atomic E-state index is 0.0250. The first-order valence-corrected chi connectivity index (χ1v) is 11.2. The molecule has 3 aliphatic heterocycles. The molecular weight excluding hydrogens is 438 g/mol. The van der Waals surface area contributed by atoms with Gasteiger partial charge in [0, 0.05) is 44.9 Å². The molecule has 5 rings (SSSR count). The number of rotatable bonds is 4. The van der Waals surface area contributed by atoms with E-state index in [2.05, 4.69) is 23.1 Å². The van der Waals surface area contributed by atoms with Gasteiger partial charge in [-0.25, -0.2) is 9.59 Å². The number of nitrogens with two attached hydrogens (primary N) is 1. The molecule has 176 valence electrons. The lowest BCUT2D eigenvalue weighted by molar-refractivity contribution is -0.133. The number of hydrogen-bond donors (Lipinski definition) is 1. The van der Waals surface area contributed by atoms with Crippen molar-refractivity contribution in [1.82, 2.24) is 4.90 Å². The molecular formula is C25H25N3O6. The monoisotopic (exact) mass is 463 g/mol. The van der Waals surface area contributed by atoms with Gasteiger partial charge >= 0.3 is 11.9 Å². The average Bonchev–Trinajstić information content (AvgIpc) is 2.83. The van der Waals surface area contributed by atoms with Crippen LogP contribution in [0.3, 0.4) is 0 Å². The number of ether oxygens (including phenoxy) is 3. The summed E-state index contributed by atoms with van der Waals surface area (Å²) < 4.78 is 16.8. The number of carbonyl (C=O) groups excluding carboxylic acids is 3. The zero-order valence-electron chi connectivity index (χ0n) is 18.6. The summed E-state index contributed by atoms with van der Waals surface area (Å²) in [4.78, 5) is 40.5. The molecule has 1 atom stereocenters. The lowest BCUT2D eigenvalue weighted by Gasteiger charge is -2.39. The van der Waals surface area contributed by atoms with Gasteiger partial charge in [-0.05, 0) is 29.7 Å². The van der Waals surface area contributed by atoms with Crippen molar-refractivity contribution in [3.63, 3.8) is 0 Å². The maximum atomic E-state index is 12.2. The largest absolute Gasteiger partial charge is 0.418 e. The summed E-state index contributed by atoms with van der Waals surface area (Å²) in [5.74, 6) is -2.41. The summed E-state index contributed by atoms with van der Waals surface area (Å²) in [6.07, 6.45) is 2.92. The Bertz CT molecular complexity index is 1170. The molecule has 0 radical (unpaired) electrons. The third-order valence-electron chi connectivity index (χ3n) is 6.35. The van der Waals surface area contributed by atoms with Gasteiger partial charge in [0.1, 0.15) is 0 Å². The Morgan fingerprint density at radius 3 is 2.38 bits per heavy atom. The number of nitrogens with zero attached hydrogens (tertiary/aromatic N) is 2. The Hall–Kier alpha value is -3.69. The number of primary amides is 1. The normalized spacial score (nSPS) is 21.4. The SMILES string of the molecule is NC(=O)c1ccc(N2CCN(CC3OCCc4ccccc43)CC2)c2c1OC(=O)/C=C\C(=O)O2. The number of piperazine rings is 1. The average molecular weight is 463 g/mol. The minimum Gasteiger partial charge on any atom is -0.418 e. The Balaban J connectivity index is 1.34. The highest BCUT2D eigenvalue weighted by Crippen LogP contribution is 2.42. The molecule has 0 saturated carbocycles. The molecule has 1 amide bonds. The lowest BCUT2D eigenvalue weighted by Crippen LogP contribution is -2.48. The van der Waals surface area contributed by atoms with Crippen LogP contribution in [0.5, 0.6) is 11.5 Å². The van der Waals surface area contributed by atoms with Crippen LogP contribution in [0.2, 0.25) is 0 Å². The van der Waals surface area contributed by atoms with Crippen LogP contribution in [0.15, 0.2) is 48.6 Å². The minimum atomic E-state index is -0.784. The molecule has 0 spiro atoms. The van der Waals surface area contributed by atoms with Crippen LogP contribution >= 0.6 is 0 Å². The highest BCUT2D eigenvalue weighted by Gasteiger charge is 2.30. The van der Waals surface area contributed by atoms with E-state index in [1.165, 1.54) is 17.2 Å². The van der Waals surface area contributed by atoms with Crippen molar-refractivity contribution in [2.45, 2.75) is 12.5 Å². The topological polar surface area (TPSA) is 111 Å². The van der Waals surface area contributed by atoms with E-state index in [9.17, 15) is 14.4 Å². The highest BCUT2D eigenvalue weighted by molar-refractivity contribution is 6.02. The third-order valence-corrected chi connectivity index (χ3v) is 6.35. The van der Waals surface area contributed by atoms with E-state index in [0.29, 0.717) is 18.8 Å². The third kappa shape index (κ3) is 4.40. The predicted octanol–water partition coefficient (Wildman–Crippen LogP) is 1.60. The zero-order chi connectivity index (χ0) is 23.7. The summed E-state index contributed by atoms with van der Waals surface area (Å²) in [5.41, 5.74) is 8.59. The van der Waals surface area contributed by atoms with Crippen LogP contribution in [-0.4, -0.2) is 62.1 Å². The van der Waals surface area contributed by atoms with E-state index < -0.39 is 17.8 Å². The van der Waals surface area contributed by atoms with E-state index in [-0.39, 0.29) is 23.2 Å². The number of amides is 1. The van der Waals surface area contributed by atoms with Gasteiger partial charge in [-0.2, -0.15) is 0 Å². The van der Waals surface area contributed by atoms with Crippen molar-refractivity contribution in [2.24, 2.45) is 5.73 Å². The first-order chi connectivity index (χ1) is 16.5. The molecule has 2 aromatic rings. The number of hydrogen-bond acceptors (Lipinski definition) is 8. The molecule has 2 N–H and O–H groups in total. The second-order valence-electron chi connectivity index (χ2n) is 8.43. The number of carbonyl (C=O) groups is 3. The van der Waals surface area contributed by atoms with Crippen molar-refractivity contribution in [1.29, 1.82) is 0 Å². The van der Waals surface area contributed by atoms with Gasteiger partial charge in [0.2, 0.25) is 0 Å². The van der Waals surface area contributed by atoms with Gasteiger partial charge in [0.15, 0.2) is 11.5 Å². The van der Waals surface area contributed by atoms with Crippen molar-refractivity contribution in [3.8, 4) is 11.5 Å². The second kappa shape index (κ2) is 9.28. The Morgan fingerprint density at radius 2 is 1.65 bits per heavy atom. The molecule has 1 unspecified atom stereocenters. The maximum absolute atomic E-state index is 12.2. The number of anilines is 1. The van der Waals surface area contributed by atoms with Crippen molar-refractivity contribution in [3.05, 3.63) is 65.2 Å². The van der Waals surface area contributed by atoms with Gasteiger partial charge in [0.05, 0.1) is 24.0 Å². The maximum Gasteiger partial charge on any atom is 0.336 e. The van der Waals surface area contributed by atoms with Crippen LogP contribution in [0.25, 0.3) is 0 Å². The van der Waals surface area contributed by atoms with Gasteiger partial charge in [-0.3, -0.25) is 9.69 Å². The molecule has 0 aromatic heterocycles. The molecule has 9 heteroatoms. The quantitative estimate of drug-likeness (QED) is 0.538. The van der Waals surface area contributed by atoms with Gasteiger partial charge in [-0.1, -0.05) is 24.3 Å². The predicted molar refractivity (Wildman–Crippen MR) is 123 cm³/mol. The summed E-state index contributed by atoms with van der Waals surface area (Å²) in [7, 11) is 0. The van der Waals surface area contributed by atoms with Crippen LogP contribution in [0.1, 0.15) is 27.6 Å². The second-order valence-corrected chi connectivity index (χ2v) is 8.43. The van der Waals surface area contributed by atoms with Crippen molar-refractivity contribution >= 4 is 23.5 Å². The molecule has 0 bridgehead atoms. The zero-order valence-corrected chi connectivity index (χ0v) is 18.6. The molecule has 34 heavy (non-hydrogen) atoms. The fourth-order valence-corrected chi connectivity index (χ4v) is 4.63. The summed E-state index contributed by atoms with van der Waals surface area (Å²) in [6, 6.07) is 11.6. The molecule has 9 nitrogen and oxygen atoms in total. The first-order valence-electron chi connectivity index (χ1n) is 11.2. The number of esters is 2. The molecule has 0 aliphatic carbocycles. The van der Waals surface area contributed by atoms with Gasteiger partial charge < -0.3 is 24.8 Å². The van der Waals surface area contributed by atoms with E-state index in [1.54, 1.807) is 6.07 Å². The fourth-order valence-electron chi connectivity index (χ4n) is 4.63. The summed E-state index contributed by atoms with van der Waals surface area (Å²) in [6.45, 7) is 4.35. The van der Waals surface area contributed by atoms with Gasteiger partial charge in [-0.15, -0.1) is 0 Å². The van der Waals surface area contributed by atoms with E-state index in [1.807, 2.05) is 11.0 Å². The van der Waals surface area contributed by atoms with Crippen LogP contribution in [-0.2, 0) is 20.7 Å². The molecule has 1 saturated heterocycles. The van der Waals surface area contributed by atoms with Crippen molar-refractivity contribution in [2.75, 3.05) is 44.2 Å². The Kier molecular flexibility index (Phi) is 6.04. The van der Waals surface area contributed by atoms with Gasteiger partial charge in [0.25, 0.3) is 5.91 Å². The lowest BCUT2D eigenvalue weighted by atomic mass is 9.97. The van der Waals surface area contributed by atoms with E-state index in [4.69, 9.17) is 19.9 Å². The Morgan fingerprint density at radius 1 is 0.941 bits per heavy atom. The molecule has 3 heterocycles. The smallest absolute Gasteiger partial charge is 0.336 e. The van der Waals surface area contributed by atoms with Crippen LogP contribution in [0.4, 0.5) is 5.69 Å². The number of benzene rings is 2. The highest BCUT2D eigenvalue weighted by atomic mass is 16.6. The number of fused-ring (bicyclic) bond motifs is 2. The Labute approximate surface area is 196 Å². The van der Waals surface area contributed by atoms with Crippen LogP contribution in [0, 0.1) is 0 Å². The molecule has 2 aromatic carbocycles. The molecule has 1 fully saturated rings. The molecule has 3 aliphatic rings. The van der Waals surface area contributed by atoms with E-state index >= 15 is 0 Å². The standard InChI is InChI=1S/C25H25N3O6/c26-25(31)18-5-6-19(24-23(18)33-21(29)7-8-22(30)34-24)28-12-10-27(11-13-28)15-20-17-4-2-1-3-16(17)9-14-32-20/h1-8,20H,9-15H2,(H2,26,31)/b8-7-. The first kappa shape index (κ1) is 22.1. The van der Waals surface area contributed by atoms with E-state index in [0.717, 1.165) is 44.8 Å². The summed E-state index contributed by atoms with van der Waals surface area (Å²) >= 11 is 0.